The maximum absolute atomic E-state index is 13.7. The van der Waals surface area contributed by atoms with Gasteiger partial charge in [0.15, 0.2) is 0 Å². The van der Waals surface area contributed by atoms with E-state index in [1.54, 1.807) is 16.7 Å². The van der Waals surface area contributed by atoms with Crippen molar-refractivity contribution in [3.8, 4) is 22.4 Å². The zero-order valence-electron chi connectivity index (χ0n) is 13.3. The van der Waals surface area contributed by atoms with Gasteiger partial charge in [0.1, 0.15) is 11.5 Å². The van der Waals surface area contributed by atoms with Gasteiger partial charge >= 0.3 is 6.18 Å². The van der Waals surface area contributed by atoms with Crippen molar-refractivity contribution >= 4 is 5.65 Å². The fraction of sp³-hybridized carbons (Fsp3) is 0.0500. The number of hydrogen-bond acceptors (Lipinski definition) is 1. The highest BCUT2D eigenvalue weighted by atomic mass is 19.4. The number of rotatable bonds is 2. The Hall–Kier alpha value is -3.15. The maximum atomic E-state index is 13.7. The van der Waals surface area contributed by atoms with Crippen LogP contribution in [0, 0.1) is 5.82 Å². The molecule has 6 heteroatoms. The lowest BCUT2D eigenvalue weighted by Gasteiger charge is -2.08. The number of halogens is 4. The van der Waals surface area contributed by atoms with Crippen molar-refractivity contribution in [3.05, 3.63) is 84.4 Å². The van der Waals surface area contributed by atoms with E-state index in [1.807, 2.05) is 42.6 Å². The van der Waals surface area contributed by atoms with Crippen molar-refractivity contribution in [3.63, 3.8) is 0 Å². The standard InChI is InChI=1S/C20H12F4N2/c21-17-9-15(8-16(10-17)20(22,23)24)18-12-26-11-14(6-7-19(26)25-18)13-4-2-1-3-5-13/h1-12H. The molecule has 130 valence electrons. The first-order chi connectivity index (χ1) is 12.4. The second kappa shape index (κ2) is 5.98. The van der Waals surface area contributed by atoms with Crippen molar-refractivity contribution < 1.29 is 17.6 Å². The van der Waals surface area contributed by atoms with Gasteiger partial charge in [-0.3, -0.25) is 0 Å². The first-order valence-corrected chi connectivity index (χ1v) is 7.82. The summed E-state index contributed by atoms with van der Waals surface area (Å²) >= 11 is 0. The minimum Gasteiger partial charge on any atom is -0.306 e. The van der Waals surface area contributed by atoms with Gasteiger partial charge in [0.25, 0.3) is 0 Å². The molecular formula is C20H12F4N2. The van der Waals surface area contributed by atoms with Crippen LogP contribution in [0.15, 0.2) is 73.1 Å². The molecule has 0 aliphatic rings. The van der Waals surface area contributed by atoms with Crippen molar-refractivity contribution in [1.29, 1.82) is 0 Å². The van der Waals surface area contributed by atoms with Gasteiger partial charge in [0.2, 0.25) is 0 Å². The van der Waals surface area contributed by atoms with Gasteiger partial charge in [-0.1, -0.05) is 30.3 Å². The third-order valence-electron chi connectivity index (χ3n) is 4.08. The van der Waals surface area contributed by atoms with Gasteiger partial charge < -0.3 is 4.40 Å². The lowest BCUT2D eigenvalue weighted by molar-refractivity contribution is -0.137. The molecular weight excluding hydrogens is 344 g/mol. The second-order valence-electron chi connectivity index (χ2n) is 5.90. The summed E-state index contributed by atoms with van der Waals surface area (Å²) in [6.07, 6.45) is -1.18. The fourth-order valence-electron chi connectivity index (χ4n) is 2.83. The summed E-state index contributed by atoms with van der Waals surface area (Å²) in [6.45, 7) is 0. The van der Waals surface area contributed by atoms with Gasteiger partial charge in [-0.2, -0.15) is 13.2 Å². The molecule has 0 N–H and O–H groups in total. The largest absolute Gasteiger partial charge is 0.416 e. The van der Waals surface area contributed by atoms with E-state index in [0.29, 0.717) is 11.7 Å². The smallest absolute Gasteiger partial charge is 0.306 e. The van der Waals surface area contributed by atoms with Crippen LogP contribution >= 0.6 is 0 Å². The van der Waals surface area contributed by atoms with Crippen LogP contribution in [0.25, 0.3) is 28.0 Å². The quantitative estimate of drug-likeness (QED) is 0.413. The predicted molar refractivity (Wildman–Crippen MR) is 91.0 cm³/mol. The molecule has 0 atom stereocenters. The molecule has 0 saturated carbocycles. The lowest BCUT2D eigenvalue weighted by atomic mass is 10.1. The summed E-state index contributed by atoms with van der Waals surface area (Å²) in [7, 11) is 0. The monoisotopic (exact) mass is 356 g/mol. The van der Waals surface area contributed by atoms with E-state index in [4.69, 9.17) is 0 Å². The van der Waals surface area contributed by atoms with Crippen molar-refractivity contribution in [2.45, 2.75) is 6.18 Å². The second-order valence-corrected chi connectivity index (χ2v) is 5.90. The molecule has 0 amide bonds. The molecule has 0 fully saturated rings. The number of fused-ring (bicyclic) bond motifs is 1. The van der Waals surface area contributed by atoms with Gasteiger partial charge in [-0.25, -0.2) is 9.37 Å². The van der Waals surface area contributed by atoms with Crippen LogP contribution in [0.4, 0.5) is 17.6 Å². The summed E-state index contributed by atoms with van der Waals surface area (Å²) < 4.78 is 54.1. The topological polar surface area (TPSA) is 17.3 Å². The van der Waals surface area contributed by atoms with Gasteiger partial charge in [0, 0.05) is 18.0 Å². The van der Waals surface area contributed by atoms with Crippen LogP contribution < -0.4 is 0 Å². The van der Waals surface area contributed by atoms with Crippen molar-refractivity contribution in [2.24, 2.45) is 0 Å². The molecule has 2 aromatic heterocycles. The zero-order valence-corrected chi connectivity index (χ0v) is 13.3. The minimum absolute atomic E-state index is 0.0855. The average molecular weight is 356 g/mol. The van der Waals surface area contributed by atoms with Crippen molar-refractivity contribution in [2.75, 3.05) is 0 Å². The number of alkyl halides is 3. The molecule has 2 aromatic carbocycles. The fourth-order valence-corrected chi connectivity index (χ4v) is 2.83. The molecule has 0 saturated heterocycles. The number of nitrogens with zero attached hydrogens (tertiary/aromatic N) is 2. The van der Waals surface area contributed by atoms with E-state index in [9.17, 15) is 17.6 Å². The SMILES string of the molecule is Fc1cc(-c2cn3cc(-c4ccccc4)ccc3n2)cc(C(F)(F)F)c1. The van der Waals surface area contributed by atoms with Crippen LogP contribution in [-0.2, 0) is 6.18 Å². The third kappa shape index (κ3) is 3.06. The highest BCUT2D eigenvalue weighted by Crippen LogP contribution is 2.33. The molecule has 2 heterocycles. The van der Waals surface area contributed by atoms with Gasteiger partial charge in [0.05, 0.1) is 11.3 Å². The summed E-state index contributed by atoms with van der Waals surface area (Å²) in [5.74, 6) is -0.947. The summed E-state index contributed by atoms with van der Waals surface area (Å²) in [6, 6.07) is 15.8. The Morgan fingerprint density at radius 1 is 0.769 bits per heavy atom. The van der Waals surface area contributed by atoms with Crippen LogP contribution in [0.3, 0.4) is 0 Å². The number of hydrogen-bond donors (Lipinski definition) is 0. The van der Waals surface area contributed by atoms with E-state index < -0.39 is 17.6 Å². The predicted octanol–water partition coefficient (Wildman–Crippen LogP) is 5.83. The molecule has 0 aliphatic heterocycles. The number of imidazole rings is 1. The summed E-state index contributed by atoms with van der Waals surface area (Å²) in [5, 5.41) is 0. The zero-order chi connectivity index (χ0) is 18.3. The lowest BCUT2D eigenvalue weighted by Crippen LogP contribution is -2.05. The van der Waals surface area contributed by atoms with Crippen LogP contribution in [0.5, 0.6) is 0 Å². The first kappa shape index (κ1) is 16.3. The molecule has 26 heavy (non-hydrogen) atoms. The minimum atomic E-state index is -4.61. The number of pyridine rings is 1. The molecule has 0 aliphatic carbocycles. The average Bonchev–Trinajstić information content (AvgIpc) is 3.04. The van der Waals surface area contributed by atoms with E-state index in [1.165, 1.54) is 0 Å². The Labute approximate surface area is 146 Å². The Morgan fingerprint density at radius 2 is 1.54 bits per heavy atom. The molecule has 0 radical (unpaired) electrons. The van der Waals surface area contributed by atoms with E-state index >= 15 is 0 Å². The molecule has 0 bridgehead atoms. The third-order valence-corrected chi connectivity index (χ3v) is 4.08. The summed E-state index contributed by atoms with van der Waals surface area (Å²) in [5.41, 5.74) is 1.85. The first-order valence-electron chi connectivity index (χ1n) is 7.82. The van der Waals surface area contributed by atoms with Crippen LogP contribution in [0.1, 0.15) is 5.56 Å². The van der Waals surface area contributed by atoms with Crippen LogP contribution in [0.2, 0.25) is 0 Å². The van der Waals surface area contributed by atoms with Crippen molar-refractivity contribution in [1.82, 2.24) is 9.38 Å². The van der Waals surface area contributed by atoms with E-state index in [-0.39, 0.29) is 11.3 Å². The highest BCUT2D eigenvalue weighted by molar-refractivity contribution is 5.68. The van der Waals surface area contributed by atoms with Gasteiger partial charge in [-0.05, 0) is 41.5 Å². The highest BCUT2D eigenvalue weighted by Gasteiger charge is 2.31. The van der Waals surface area contributed by atoms with Gasteiger partial charge in [-0.15, -0.1) is 0 Å². The Kier molecular flexibility index (Phi) is 3.76. The van der Waals surface area contributed by atoms with Crippen LogP contribution in [-0.4, -0.2) is 9.38 Å². The molecule has 4 aromatic rings. The molecule has 0 unspecified atom stereocenters. The normalized spacial score (nSPS) is 11.8. The Morgan fingerprint density at radius 3 is 2.27 bits per heavy atom. The van der Waals surface area contributed by atoms with E-state index in [2.05, 4.69) is 4.98 Å². The Balaban J connectivity index is 1.80. The Bertz CT molecular complexity index is 1080. The summed E-state index contributed by atoms with van der Waals surface area (Å²) in [4.78, 5) is 4.31. The number of aromatic nitrogens is 2. The maximum Gasteiger partial charge on any atom is 0.416 e. The molecule has 2 nitrogen and oxygen atoms in total. The number of benzene rings is 2. The molecule has 4 rings (SSSR count). The molecule has 0 spiro atoms. The van der Waals surface area contributed by atoms with E-state index in [0.717, 1.165) is 23.3 Å².